The molecule has 0 fully saturated rings. The Kier molecular flexibility index (Phi) is 6.41. The van der Waals surface area contributed by atoms with Gasteiger partial charge < -0.3 is 14.1 Å². The minimum absolute atomic E-state index is 0.255. The quantitative estimate of drug-likeness (QED) is 0.426. The van der Waals surface area contributed by atoms with Crippen LogP contribution in [0.2, 0.25) is 0 Å². The molecule has 0 spiro atoms. The number of aryl methyl sites for hydroxylation is 2. The topological polar surface area (TPSA) is 77.2 Å². The number of allylic oxidation sites excluding steroid dienone is 2. The summed E-state index contributed by atoms with van der Waals surface area (Å²) in [6, 6.07) is 4.08. The van der Waals surface area contributed by atoms with E-state index in [1.807, 2.05) is 38.4 Å². The van der Waals surface area contributed by atoms with Crippen molar-refractivity contribution in [2.24, 2.45) is 0 Å². The van der Waals surface area contributed by atoms with Crippen LogP contribution in [0.3, 0.4) is 0 Å². The number of pyridine rings is 1. The molecule has 0 amide bonds. The van der Waals surface area contributed by atoms with E-state index in [1.54, 1.807) is 6.26 Å². The third-order valence-electron chi connectivity index (χ3n) is 5.18. The molecule has 32 heavy (non-hydrogen) atoms. The van der Waals surface area contributed by atoms with Crippen LogP contribution in [0.4, 0.5) is 5.69 Å². The van der Waals surface area contributed by atoms with Gasteiger partial charge in [-0.05, 0) is 47.5 Å². The fourth-order valence-electron chi connectivity index (χ4n) is 3.44. The average molecular weight is 496 g/mol. The number of aromatic nitrogens is 4. The average Bonchev–Trinajstić information content (AvgIpc) is 3.19. The highest BCUT2D eigenvalue weighted by atomic mass is 79.9. The molecule has 0 saturated carbocycles. The van der Waals surface area contributed by atoms with Gasteiger partial charge in [-0.3, -0.25) is 4.98 Å². The van der Waals surface area contributed by atoms with Gasteiger partial charge in [-0.15, -0.1) is 0 Å². The summed E-state index contributed by atoms with van der Waals surface area (Å²) in [5.41, 5.74) is 5.58. The summed E-state index contributed by atoms with van der Waals surface area (Å²) >= 11 is 3.69. The van der Waals surface area contributed by atoms with Gasteiger partial charge in [0.1, 0.15) is 30.1 Å². The van der Waals surface area contributed by atoms with Crippen molar-refractivity contribution in [2.75, 3.05) is 11.4 Å². The number of anilines is 1. The van der Waals surface area contributed by atoms with Gasteiger partial charge in [0, 0.05) is 42.7 Å². The van der Waals surface area contributed by atoms with Crippen LogP contribution in [0.15, 0.2) is 57.2 Å². The third-order valence-corrected chi connectivity index (χ3v) is 5.82. The molecule has 0 aliphatic carbocycles. The van der Waals surface area contributed by atoms with Gasteiger partial charge in [0.15, 0.2) is 5.89 Å². The third kappa shape index (κ3) is 4.75. The zero-order valence-corrected chi connectivity index (χ0v) is 20.5. The maximum atomic E-state index is 5.97. The highest BCUT2D eigenvalue weighted by Crippen LogP contribution is 2.32. The first kappa shape index (κ1) is 22.2. The molecular weight excluding hydrogens is 470 g/mol. The molecule has 0 saturated heterocycles. The predicted octanol–water partition coefficient (Wildman–Crippen LogP) is 5.81. The number of oxazole rings is 1. The van der Waals surface area contributed by atoms with E-state index >= 15 is 0 Å². The van der Waals surface area contributed by atoms with Crippen LogP contribution < -0.4 is 4.90 Å². The summed E-state index contributed by atoms with van der Waals surface area (Å²) in [7, 11) is 0. The second kappa shape index (κ2) is 9.24. The first-order valence-electron chi connectivity index (χ1n) is 10.5. The number of hydrogen-bond donors (Lipinski definition) is 0. The molecular formula is C24H26BrN5O2. The fourth-order valence-corrected chi connectivity index (χ4v) is 3.92. The molecule has 1 aliphatic rings. The van der Waals surface area contributed by atoms with Crippen LogP contribution >= 0.6 is 15.9 Å². The van der Waals surface area contributed by atoms with Crippen molar-refractivity contribution in [3.05, 3.63) is 75.8 Å². The number of halogens is 1. The summed E-state index contributed by atoms with van der Waals surface area (Å²) in [5, 5.41) is 0. The van der Waals surface area contributed by atoms with Crippen molar-refractivity contribution in [1.29, 1.82) is 0 Å². The van der Waals surface area contributed by atoms with Crippen LogP contribution in [-0.4, -0.2) is 26.5 Å². The largest absolute Gasteiger partial charge is 0.486 e. The molecule has 8 heteroatoms. The highest BCUT2D eigenvalue weighted by Gasteiger charge is 2.20. The second-order valence-electron chi connectivity index (χ2n) is 8.10. The van der Waals surface area contributed by atoms with Crippen LogP contribution in [0.1, 0.15) is 49.7 Å². The number of rotatable bonds is 6. The fraction of sp³-hybridized carbons (Fsp3) is 0.333. The second-order valence-corrected chi connectivity index (χ2v) is 9.06. The predicted molar refractivity (Wildman–Crippen MR) is 127 cm³/mol. The van der Waals surface area contributed by atoms with E-state index in [4.69, 9.17) is 14.1 Å². The van der Waals surface area contributed by atoms with Gasteiger partial charge in [0.05, 0.1) is 22.4 Å². The zero-order chi connectivity index (χ0) is 22.8. The molecule has 0 atom stereocenters. The monoisotopic (exact) mass is 495 g/mol. The Bertz CT molecular complexity index is 1200. The molecule has 4 heterocycles. The molecule has 0 aromatic carbocycles. The number of ether oxygens (including phenoxy) is 1. The van der Waals surface area contributed by atoms with E-state index in [0.717, 1.165) is 50.1 Å². The van der Waals surface area contributed by atoms with Crippen LogP contribution in [0, 0.1) is 13.8 Å². The lowest BCUT2D eigenvalue weighted by Gasteiger charge is -2.30. The van der Waals surface area contributed by atoms with Gasteiger partial charge in [-0.25, -0.2) is 15.0 Å². The van der Waals surface area contributed by atoms with Crippen molar-refractivity contribution in [1.82, 2.24) is 19.9 Å². The van der Waals surface area contributed by atoms with Crippen molar-refractivity contribution >= 4 is 21.6 Å². The lowest BCUT2D eigenvalue weighted by Crippen LogP contribution is -2.26. The van der Waals surface area contributed by atoms with Crippen LogP contribution in [-0.2, 0) is 11.3 Å². The molecule has 0 N–H and O–H groups in total. The molecule has 0 bridgehead atoms. The number of hydrogen-bond acceptors (Lipinski definition) is 7. The molecule has 0 radical (unpaired) electrons. The first-order chi connectivity index (χ1) is 15.3. The minimum atomic E-state index is 0.255. The Morgan fingerprint density at radius 2 is 2.00 bits per heavy atom. The normalized spacial score (nSPS) is 14.2. The SMILES string of the molecule is CC1=CC(OCc2coc(C)n2)=C(Br)CN1c1ccnc(-c2nc(C(C)C)ncc2C)c1. The van der Waals surface area contributed by atoms with E-state index in [1.165, 1.54) is 0 Å². The lowest BCUT2D eigenvalue weighted by atomic mass is 10.1. The molecule has 1 aliphatic heterocycles. The van der Waals surface area contributed by atoms with E-state index in [-0.39, 0.29) is 5.92 Å². The van der Waals surface area contributed by atoms with Crippen molar-refractivity contribution in [3.8, 4) is 11.4 Å². The smallest absolute Gasteiger partial charge is 0.191 e. The molecule has 7 nitrogen and oxygen atoms in total. The summed E-state index contributed by atoms with van der Waals surface area (Å²) in [6.45, 7) is 11.1. The molecule has 3 aromatic rings. The van der Waals surface area contributed by atoms with Crippen molar-refractivity contribution < 1.29 is 9.15 Å². The van der Waals surface area contributed by atoms with Gasteiger partial charge in [0.2, 0.25) is 0 Å². The van der Waals surface area contributed by atoms with Gasteiger partial charge in [0.25, 0.3) is 0 Å². The Morgan fingerprint density at radius 1 is 1.19 bits per heavy atom. The Balaban J connectivity index is 1.56. The van der Waals surface area contributed by atoms with Crippen LogP contribution in [0.5, 0.6) is 0 Å². The van der Waals surface area contributed by atoms with Gasteiger partial charge in [-0.1, -0.05) is 13.8 Å². The Labute approximate surface area is 196 Å². The molecule has 0 unspecified atom stereocenters. The molecule has 166 valence electrons. The zero-order valence-electron chi connectivity index (χ0n) is 18.9. The summed E-state index contributed by atoms with van der Waals surface area (Å²) < 4.78 is 12.2. The minimum Gasteiger partial charge on any atom is -0.486 e. The van der Waals surface area contributed by atoms with Gasteiger partial charge >= 0.3 is 0 Å². The molecule has 4 rings (SSSR count). The standard InChI is InChI=1S/C24H26BrN5O2/c1-14(2)24-27-10-15(3)23(29-24)21-9-19(6-7-26-21)30-11-20(25)22(8-16(30)4)32-13-18-12-31-17(5)28-18/h6-10,12,14H,11,13H2,1-5H3. The number of nitrogens with zero attached hydrogens (tertiary/aromatic N) is 5. The van der Waals surface area contributed by atoms with E-state index in [9.17, 15) is 0 Å². The van der Waals surface area contributed by atoms with E-state index < -0.39 is 0 Å². The van der Waals surface area contributed by atoms with E-state index in [2.05, 4.69) is 62.6 Å². The highest BCUT2D eigenvalue weighted by molar-refractivity contribution is 9.11. The first-order valence-corrected chi connectivity index (χ1v) is 11.3. The Hall–Kier alpha value is -3.00. The Morgan fingerprint density at radius 3 is 2.72 bits per heavy atom. The lowest BCUT2D eigenvalue weighted by molar-refractivity contribution is 0.204. The summed E-state index contributed by atoms with van der Waals surface area (Å²) in [4.78, 5) is 20.3. The van der Waals surface area contributed by atoms with Gasteiger partial charge in [-0.2, -0.15) is 0 Å². The maximum Gasteiger partial charge on any atom is 0.191 e. The van der Waals surface area contributed by atoms with Crippen molar-refractivity contribution in [3.63, 3.8) is 0 Å². The summed E-state index contributed by atoms with van der Waals surface area (Å²) in [6.07, 6.45) is 7.34. The van der Waals surface area contributed by atoms with E-state index in [0.29, 0.717) is 19.0 Å². The van der Waals surface area contributed by atoms with Crippen LogP contribution in [0.25, 0.3) is 11.4 Å². The maximum absolute atomic E-state index is 5.97. The summed E-state index contributed by atoms with van der Waals surface area (Å²) in [5.74, 6) is 2.50. The molecule has 3 aromatic heterocycles. The van der Waals surface area contributed by atoms with Crippen molar-refractivity contribution in [2.45, 2.75) is 47.1 Å².